The zero-order chi connectivity index (χ0) is 25.7. The standard InChI is InChI=1S/C25H25ClF3NO5/c1-12-7-16(8-13(2)20(12)26)34-23-21(32)17-5-6-19(31)18(22(17)35-24(23)25(27,28)29)11-30-9-14(3)33-15(4)10-30/h5-8,14-15,31H,9-11H2,1-4H3/t14-,15-/m0/s1. The number of ether oxygens (including phenoxy) is 2. The van der Waals surface area contributed by atoms with Crippen LogP contribution in [0.2, 0.25) is 5.02 Å². The summed E-state index contributed by atoms with van der Waals surface area (Å²) in [5.74, 6) is -2.79. The fraction of sp³-hybridized carbons (Fsp3) is 0.400. The van der Waals surface area contributed by atoms with E-state index >= 15 is 0 Å². The van der Waals surface area contributed by atoms with Gasteiger partial charge in [0, 0.05) is 24.7 Å². The number of phenolic OH excluding ortho intramolecular Hbond substituents is 1. The van der Waals surface area contributed by atoms with Crippen molar-refractivity contribution in [1.82, 2.24) is 4.90 Å². The number of aromatic hydroxyl groups is 1. The third-order valence-electron chi connectivity index (χ3n) is 5.86. The number of rotatable bonds is 4. The van der Waals surface area contributed by atoms with Crippen LogP contribution in [0.5, 0.6) is 17.2 Å². The number of benzene rings is 2. The Balaban J connectivity index is 1.86. The van der Waals surface area contributed by atoms with Crippen LogP contribution in [0, 0.1) is 13.8 Å². The highest BCUT2D eigenvalue weighted by molar-refractivity contribution is 6.32. The van der Waals surface area contributed by atoms with E-state index < -0.39 is 23.1 Å². The minimum absolute atomic E-state index is 0.0249. The van der Waals surface area contributed by atoms with Crippen LogP contribution in [0.3, 0.4) is 0 Å². The first-order valence-electron chi connectivity index (χ1n) is 11.1. The van der Waals surface area contributed by atoms with Crippen molar-refractivity contribution >= 4 is 22.6 Å². The average Bonchev–Trinajstić information content (AvgIpc) is 2.74. The van der Waals surface area contributed by atoms with E-state index in [9.17, 15) is 23.1 Å². The third-order valence-corrected chi connectivity index (χ3v) is 6.46. The second kappa shape index (κ2) is 9.37. The lowest BCUT2D eigenvalue weighted by molar-refractivity contribution is -0.154. The van der Waals surface area contributed by atoms with Gasteiger partial charge in [-0.3, -0.25) is 9.69 Å². The third kappa shape index (κ3) is 5.12. The smallest absolute Gasteiger partial charge is 0.453 e. The summed E-state index contributed by atoms with van der Waals surface area (Å²) >= 11 is 6.14. The SMILES string of the molecule is Cc1cc(Oc2c(C(F)(F)F)oc3c(CN4C[C@H](C)O[C@@H](C)C4)c(O)ccc3c2=O)cc(C)c1Cl. The molecule has 1 N–H and O–H groups in total. The molecule has 2 heterocycles. The molecule has 0 radical (unpaired) electrons. The summed E-state index contributed by atoms with van der Waals surface area (Å²) in [6, 6.07) is 5.40. The van der Waals surface area contributed by atoms with Gasteiger partial charge in [-0.25, -0.2) is 0 Å². The molecule has 4 rings (SSSR count). The lowest BCUT2D eigenvalue weighted by atomic mass is 10.1. The molecule has 0 spiro atoms. The number of phenols is 1. The summed E-state index contributed by atoms with van der Waals surface area (Å²) in [7, 11) is 0. The highest BCUT2D eigenvalue weighted by Gasteiger charge is 2.41. The molecule has 2 atom stereocenters. The first-order chi connectivity index (χ1) is 16.3. The van der Waals surface area contributed by atoms with Crippen molar-refractivity contribution in [3.63, 3.8) is 0 Å². The second-order valence-electron chi connectivity index (χ2n) is 8.95. The normalized spacial score (nSPS) is 19.3. The van der Waals surface area contributed by atoms with Gasteiger partial charge in [-0.15, -0.1) is 0 Å². The number of fused-ring (bicyclic) bond motifs is 1. The van der Waals surface area contributed by atoms with Crippen LogP contribution >= 0.6 is 11.6 Å². The quantitative estimate of drug-likeness (QED) is 0.450. The molecule has 1 aromatic heterocycles. The van der Waals surface area contributed by atoms with Crippen molar-refractivity contribution in [1.29, 1.82) is 0 Å². The van der Waals surface area contributed by atoms with Crippen LogP contribution < -0.4 is 10.2 Å². The molecule has 1 aliphatic heterocycles. The molecule has 10 heteroatoms. The van der Waals surface area contributed by atoms with Gasteiger partial charge in [-0.05, 0) is 63.1 Å². The molecule has 0 unspecified atom stereocenters. The number of hydrogen-bond acceptors (Lipinski definition) is 6. The van der Waals surface area contributed by atoms with E-state index in [1.807, 2.05) is 18.7 Å². The van der Waals surface area contributed by atoms with Gasteiger partial charge in [-0.2, -0.15) is 13.2 Å². The van der Waals surface area contributed by atoms with Crippen molar-refractivity contribution in [3.05, 3.63) is 62.0 Å². The fourth-order valence-electron chi connectivity index (χ4n) is 4.44. The van der Waals surface area contributed by atoms with E-state index in [0.717, 1.165) is 0 Å². The van der Waals surface area contributed by atoms with E-state index in [1.54, 1.807) is 13.8 Å². The maximum Gasteiger partial charge on any atom is 0.453 e. The molecule has 1 fully saturated rings. The lowest BCUT2D eigenvalue weighted by Gasteiger charge is -2.35. The maximum absolute atomic E-state index is 14.1. The zero-order valence-electron chi connectivity index (χ0n) is 19.6. The second-order valence-corrected chi connectivity index (χ2v) is 9.33. The van der Waals surface area contributed by atoms with Crippen molar-refractivity contribution in [2.75, 3.05) is 13.1 Å². The Bertz CT molecular complexity index is 1300. The fourth-order valence-corrected chi connectivity index (χ4v) is 4.55. The van der Waals surface area contributed by atoms with Crippen molar-refractivity contribution < 1.29 is 32.2 Å². The van der Waals surface area contributed by atoms with Gasteiger partial charge in [0.2, 0.25) is 11.2 Å². The predicted molar refractivity (Wildman–Crippen MR) is 125 cm³/mol. The molecule has 0 bridgehead atoms. The van der Waals surface area contributed by atoms with E-state index in [2.05, 4.69) is 0 Å². The van der Waals surface area contributed by atoms with Crippen molar-refractivity contribution in [3.8, 4) is 17.2 Å². The number of halogens is 4. The summed E-state index contributed by atoms with van der Waals surface area (Å²) in [4.78, 5) is 15.2. The van der Waals surface area contributed by atoms with E-state index in [1.165, 1.54) is 24.3 Å². The molecule has 1 aliphatic rings. The van der Waals surface area contributed by atoms with Gasteiger partial charge in [0.25, 0.3) is 5.76 Å². The van der Waals surface area contributed by atoms with E-state index in [4.69, 9.17) is 25.5 Å². The predicted octanol–water partition coefficient (Wildman–Crippen LogP) is 6.19. The molecule has 0 amide bonds. The molecular weight excluding hydrogens is 487 g/mol. The van der Waals surface area contributed by atoms with Gasteiger partial charge < -0.3 is 19.0 Å². The monoisotopic (exact) mass is 511 g/mol. The number of hydrogen-bond donors (Lipinski definition) is 1. The number of nitrogens with zero attached hydrogens (tertiary/aromatic N) is 1. The minimum atomic E-state index is -5.02. The van der Waals surface area contributed by atoms with Gasteiger partial charge in [0.15, 0.2) is 0 Å². The molecule has 0 saturated carbocycles. The molecule has 3 aromatic rings. The summed E-state index contributed by atoms with van der Waals surface area (Å²) < 4.78 is 58.6. The molecule has 35 heavy (non-hydrogen) atoms. The summed E-state index contributed by atoms with van der Waals surface area (Å²) in [6.45, 7) is 8.22. The van der Waals surface area contributed by atoms with Crippen LogP contribution in [-0.4, -0.2) is 35.3 Å². The Morgan fingerprint density at radius 3 is 2.31 bits per heavy atom. The zero-order valence-corrected chi connectivity index (χ0v) is 20.4. The summed E-state index contributed by atoms with van der Waals surface area (Å²) in [5.41, 5.74) is -0.0574. The summed E-state index contributed by atoms with van der Waals surface area (Å²) in [6.07, 6.45) is -5.22. The first-order valence-corrected chi connectivity index (χ1v) is 11.4. The van der Waals surface area contributed by atoms with Gasteiger partial charge >= 0.3 is 6.18 Å². The van der Waals surface area contributed by atoms with E-state index in [-0.39, 0.29) is 46.8 Å². The number of alkyl halides is 3. The van der Waals surface area contributed by atoms with Gasteiger partial charge in [0.05, 0.1) is 23.2 Å². The minimum Gasteiger partial charge on any atom is -0.507 e. The van der Waals surface area contributed by atoms with E-state index in [0.29, 0.717) is 29.2 Å². The average molecular weight is 512 g/mol. The van der Waals surface area contributed by atoms with Crippen LogP contribution in [0.4, 0.5) is 13.2 Å². The molecule has 1 saturated heterocycles. The topological polar surface area (TPSA) is 72.1 Å². The molecule has 6 nitrogen and oxygen atoms in total. The Labute approximate surface area is 204 Å². The Kier molecular flexibility index (Phi) is 6.78. The Morgan fingerprint density at radius 2 is 1.74 bits per heavy atom. The number of morpholine rings is 1. The Hall–Kier alpha value is -2.75. The molecule has 188 valence electrons. The maximum atomic E-state index is 14.1. The Morgan fingerprint density at radius 1 is 1.14 bits per heavy atom. The van der Waals surface area contributed by atoms with Crippen LogP contribution in [-0.2, 0) is 17.5 Å². The highest BCUT2D eigenvalue weighted by Crippen LogP contribution is 2.40. The molecule has 2 aromatic carbocycles. The molecule has 0 aliphatic carbocycles. The van der Waals surface area contributed by atoms with Crippen LogP contribution in [0.1, 0.15) is 36.3 Å². The highest BCUT2D eigenvalue weighted by atomic mass is 35.5. The first kappa shape index (κ1) is 25.3. The molecular formula is C25H25ClF3NO5. The number of aryl methyl sites for hydroxylation is 2. The van der Waals surface area contributed by atoms with Gasteiger partial charge in [0.1, 0.15) is 17.1 Å². The van der Waals surface area contributed by atoms with Crippen LogP contribution in [0.15, 0.2) is 33.5 Å². The summed E-state index contributed by atoms with van der Waals surface area (Å²) in [5, 5.41) is 10.8. The lowest BCUT2D eigenvalue weighted by Crippen LogP contribution is -2.44. The van der Waals surface area contributed by atoms with Crippen molar-refractivity contribution in [2.45, 2.75) is 52.6 Å². The van der Waals surface area contributed by atoms with Gasteiger partial charge in [-0.1, -0.05) is 11.6 Å². The van der Waals surface area contributed by atoms with Crippen LogP contribution in [0.25, 0.3) is 11.0 Å². The largest absolute Gasteiger partial charge is 0.507 e. The van der Waals surface area contributed by atoms with Crippen molar-refractivity contribution in [2.24, 2.45) is 0 Å².